The molecule has 1 N–H and O–H groups in total. The predicted octanol–water partition coefficient (Wildman–Crippen LogP) is 1.33. The van der Waals surface area contributed by atoms with E-state index in [0.29, 0.717) is 30.2 Å². The van der Waals surface area contributed by atoms with Crippen LogP contribution in [0.4, 0.5) is 0 Å². The van der Waals surface area contributed by atoms with E-state index in [1.807, 2.05) is 6.92 Å². The van der Waals surface area contributed by atoms with E-state index in [4.69, 9.17) is 19.3 Å². The summed E-state index contributed by atoms with van der Waals surface area (Å²) in [5.74, 6) is -0.171. The Morgan fingerprint density at radius 2 is 1.96 bits per heavy atom. The summed E-state index contributed by atoms with van der Waals surface area (Å²) in [5, 5.41) is 9.01. The van der Waals surface area contributed by atoms with Gasteiger partial charge in [-0.1, -0.05) is 0 Å². The van der Waals surface area contributed by atoms with E-state index in [-0.39, 0.29) is 18.9 Å². The van der Waals surface area contributed by atoms with Crippen molar-refractivity contribution in [3.05, 3.63) is 23.3 Å². The predicted molar refractivity (Wildman–Crippen MR) is 82.2 cm³/mol. The lowest BCUT2D eigenvalue weighted by atomic mass is 10.0. The summed E-state index contributed by atoms with van der Waals surface area (Å²) in [6.45, 7) is 2.80. The van der Waals surface area contributed by atoms with E-state index in [1.165, 1.54) is 14.2 Å². The average Bonchev–Trinajstić information content (AvgIpc) is 2.53. The molecule has 0 bridgehead atoms. The van der Waals surface area contributed by atoms with Crippen LogP contribution in [-0.4, -0.2) is 61.9 Å². The fourth-order valence-corrected chi connectivity index (χ4v) is 2.66. The number of nitrogens with zero attached hydrogens (tertiary/aromatic N) is 1. The smallest absolute Gasteiger partial charge is 0.305 e. The standard InChI is InChI=1S/C16H21NO6/c1-10-6-13(21-2)14(22-3)8-12(10)16(20)17-4-5-23-9-11(17)7-15(18)19/h6,8,11H,4-5,7,9H2,1-3H3,(H,18,19). The fraction of sp³-hybridized carbons (Fsp3) is 0.500. The lowest BCUT2D eigenvalue weighted by Gasteiger charge is -2.35. The highest BCUT2D eigenvalue weighted by atomic mass is 16.5. The number of aliphatic carboxylic acids is 1. The Morgan fingerprint density at radius 1 is 1.30 bits per heavy atom. The highest BCUT2D eigenvalue weighted by Gasteiger charge is 2.31. The lowest BCUT2D eigenvalue weighted by molar-refractivity contribution is -0.139. The highest BCUT2D eigenvalue weighted by molar-refractivity contribution is 5.97. The molecule has 2 rings (SSSR count). The summed E-state index contributed by atoms with van der Waals surface area (Å²) in [6.07, 6.45) is -0.141. The number of amides is 1. The van der Waals surface area contributed by atoms with Crippen LogP contribution in [0.15, 0.2) is 12.1 Å². The summed E-state index contributed by atoms with van der Waals surface area (Å²) < 4.78 is 15.8. The molecule has 1 atom stereocenters. The van der Waals surface area contributed by atoms with Crippen molar-refractivity contribution < 1.29 is 28.9 Å². The van der Waals surface area contributed by atoms with Crippen LogP contribution in [0.5, 0.6) is 11.5 Å². The number of hydrogen-bond acceptors (Lipinski definition) is 5. The first-order chi connectivity index (χ1) is 11.0. The van der Waals surface area contributed by atoms with Gasteiger partial charge in [-0.25, -0.2) is 0 Å². The van der Waals surface area contributed by atoms with Gasteiger partial charge in [-0.15, -0.1) is 0 Å². The topological polar surface area (TPSA) is 85.3 Å². The molecule has 23 heavy (non-hydrogen) atoms. The molecule has 1 heterocycles. The van der Waals surface area contributed by atoms with Crippen LogP contribution in [0, 0.1) is 6.92 Å². The molecule has 0 saturated carbocycles. The number of rotatable bonds is 5. The maximum Gasteiger partial charge on any atom is 0.305 e. The molecule has 0 aliphatic carbocycles. The molecule has 1 fully saturated rings. The number of carbonyl (C=O) groups excluding carboxylic acids is 1. The summed E-state index contributed by atoms with van der Waals surface area (Å²) >= 11 is 0. The van der Waals surface area contributed by atoms with Crippen molar-refractivity contribution in [2.75, 3.05) is 34.0 Å². The molecule has 1 aliphatic rings. The Labute approximate surface area is 134 Å². The van der Waals surface area contributed by atoms with Crippen molar-refractivity contribution >= 4 is 11.9 Å². The number of aryl methyl sites for hydroxylation is 1. The summed E-state index contributed by atoms with van der Waals surface area (Å²) in [5.41, 5.74) is 1.22. The van der Waals surface area contributed by atoms with E-state index in [2.05, 4.69) is 0 Å². The monoisotopic (exact) mass is 323 g/mol. The summed E-state index contributed by atoms with van der Waals surface area (Å²) in [6, 6.07) is 2.89. The Hall–Kier alpha value is -2.28. The summed E-state index contributed by atoms with van der Waals surface area (Å²) in [7, 11) is 3.03. The third kappa shape index (κ3) is 3.73. The maximum atomic E-state index is 12.9. The first kappa shape index (κ1) is 17.1. The van der Waals surface area contributed by atoms with E-state index in [9.17, 15) is 9.59 Å². The Balaban J connectivity index is 2.32. The zero-order valence-corrected chi connectivity index (χ0v) is 13.5. The van der Waals surface area contributed by atoms with Crippen LogP contribution >= 0.6 is 0 Å². The Morgan fingerprint density at radius 3 is 2.57 bits per heavy atom. The molecular formula is C16H21NO6. The quantitative estimate of drug-likeness (QED) is 0.880. The van der Waals surface area contributed by atoms with Gasteiger partial charge in [0.25, 0.3) is 5.91 Å². The van der Waals surface area contributed by atoms with Crippen LogP contribution in [0.3, 0.4) is 0 Å². The molecule has 1 unspecified atom stereocenters. The number of benzene rings is 1. The van der Waals surface area contributed by atoms with Crippen molar-refractivity contribution in [2.24, 2.45) is 0 Å². The van der Waals surface area contributed by atoms with Gasteiger partial charge in [-0.05, 0) is 24.6 Å². The first-order valence-electron chi connectivity index (χ1n) is 7.31. The minimum atomic E-state index is -0.956. The SMILES string of the molecule is COc1cc(C)c(C(=O)N2CCOCC2CC(=O)O)cc1OC. The second-order valence-corrected chi connectivity index (χ2v) is 5.35. The normalized spacial score (nSPS) is 17.7. The van der Waals surface area contributed by atoms with Crippen LogP contribution in [-0.2, 0) is 9.53 Å². The second kappa shape index (κ2) is 7.32. The molecule has 0 spiro atoms. The second-order valence-electron chi connectivity index (χ2n) is 5.35. The van der Waals surface area contributed by atoms with Gasteiger partial charge in [0.15, 0.2) is 11.5 Å². The number of morpholine rings is 1. The lowest BCUT2D eigenvalue weighted by Crippen LogP contribution is -2.49. The van der Waals surface area contributed by atoms with Crippen molar-refractivity contribution in [2.45, 2.75) is 19.4 Å². The van der Waals surface area contributed by atoms with Crippen LogP contribution < -0.4 is 9.47 Å². The number of ether oxygens (including phenoxy) is 3. The van der Waals surface area contributed by atoms with Gasteiger partial charge in [0, 0.05) is 12.1 Å². The third-order valence-electron chi connectivity index (χ3n) is 3.86. The number of carbonyl (C=O) groups is 2. The molecule has 0 radical (unpaired) electrons. The van der Waals surface area contributed by atoms with Crippen LogP contribution in [0.1, 0.15) is 22.3 Å². The molecule has 0 aromatic heterocycles. The van der Waals surface area contributed by atoms with Crippen molar-refractivity contribution in [3.63, 3.8) is 0 Å². The van der Waals surface area contributed by atoms with E-state index in [0.717, 1.165) is 5.56 Å². The van der Waals surface area contributed by atoms with E-state index < -0.39 is 12.0 Å². The minimum Gasteiger partial charge on any atom is -0.493 e. The molecular weight excluding hydrogens is 302 g/mol. The molecule has 126 valence electrons. The third-order valence-corrected chi connectivity index (χ3v) is 3.86. The van der Waals surface area contributed by atoms with E-state index in [1.54, 1.807) is 17.0 Å². The zero-order chi connectivity index (χ0) is 17.0. The number of carboxylic acids is 1. The minimum absolute atomic E-state index is 0.141. The molecule has 1 aromatic carbocycles. The van der Waals surface area contributed by atoms with Gasteiger partial charge in [0.05, 0.1) is 39.9 Å². The van der Waals surface area contributed by atoms with Crippen molar-refractivity contribution in [3.8, 4) is 11.5 Å². The molecule has 1 aromatic rings. The largest absolute Gasteiger partial charge is 0.493 e. The van der Waals surface area contributed by atoms with Gasteiger partial charge in [-0.2, -0.15) is 0 Å². The van der Waals surface area contributed by atoms with E-state index >= 15 is 0 Å². The first-order valence-corrected chi connectivity index (χ1v) is 7.31. The van der Waals surface area contributed by atoms with Gasteiger partial charge in [-0.3, -0.25) is 9.59 Å². The molecule has 7 nitrogen and oxygen atoms in total. The molecule has 1 aliphatic heterocycles. The Bertz CT molecular complexity index is 600. The molecule has 7 heteroatoms. The van der Waals surface area contributed by atoms with Gasteiger partial charge < -0.3 is 24.2 Å². The number of hydrogen-bond donors (Lipinski definition) is 1. The zero-order valence-electron chi connectivity index (χ0n) is 13.5. The van der Waals surface area contributed by atoms with Gasteiger partial charge in [0.2, 0.25) is 0 Å². The van der Waals surface area contributed by atoms with Gasteiger partial charge >= 0.3 is 5.97 Å². The average molecular weight is 323 g/mol. The number of methoxy groups -OCH3 is 2. The van der Waals surface area contributed by atoms with Gasteiger partial charge in [0.1, 0.15) is 0 Å². The van der Waals surface area contributed by atoms with Crippen LogP contribution in [0.25, 0.3) is 0 Å². The molecule has 1 amide bonds. The molecule has 1 saturated heterocycles. The van der Waals surface area contributed by atoms with Crippen molar-refractivity contribution in [1.29, 1.82) is 0 Å². The maximum absolute atomic E-state index is 12.9. The van der Waals surface area contributed by atoms with Crippen LogP contribution in [0.2, 0.25) is 0 Å². The number of carboxylic acid groups (broad SMARTS) is 1. The summed E-state index contributed by atoms with van der Waals surface area (Å²) in [4.78, 5) is 25.4. The Kier molecular flexibility index (Phi) is 5.44. The highest BCUT2D eigenvalue weighted by Crippen LogP contribution is 2.31. The van der Waals surface area contributed by atoms with Crippen molar-refractivity contribution in [1.82, 2.24) is 4.90 Å². The fourth-order valence-electron chi connectivity index (χ4n) is 2.66.